The van der Waals surface area contributed by atoms with Gasteiger partial charge in [-0.3, -0.25) is 0 Å². The van der Waals surface area contributed by atoms with Crippen molar-refractivity contribution in [1.29, 1.82) is 0 Å². The fourth-order valence-corrected chi connectivity index (χ4v) is 5.94. The van der Waals surface area contributed by atoms with Crippen LogP contribution in [0.5, 0.6) is 0 Å². The van der Waals surface area contributed by atoms with E-state index in [9.17, 15) is 9.45 Å². The van der Waals surface area contributed by atoms with E-state index in [2.05, 4.69) is 3.97 Å². The molecule has 114 valence electrons. The predicted octanol–water partition coefficient (Wildman–Crippen LogP) is 1.66. The van der Waals surface area contributed by atoms with Crippen LogP contribution in [0.4, 0.5) is 0 Å². The molecule has 2 aromatic rings. The molecule has 0 amide bonds. The van der Waals surface area contributed by atoms with Crippen molar-refractivity contribution in [2.24, 2.45) is 0 Å². The van der Waals surface area contributed by atoms with Gasteiger partial charge in [0.05, 0.1) is 0 Å². The fourth-order valence-electron chi connectivity index (χ4n) is 2.23. The molecular formula is C16H21NO3Se. The van der Waals surface area contributed by atoms with E-state index in [1.807, 2.05) is 73.6 Å². The van der Waals surface area contributed by atoms with Crippen molar-refractivity contribution in [1.82, 2.24) is 4.90 Å². The minimum atomic E-state index is -3.63. The van der Waals surface area contributed by atoms with Crippen molar-refractivity contribution >= 4 is 18.0 Å². The Hall–Kier alpha value is -1.20. The number of rotatable bonds is 6. The summed E-state index contributed by atoms with van der Waals surface area (Å²) in [5.74, 6) is 0. The summed E-state index contributed by atoms with van der Waals surface area (Å²) >= 11 is -3.63. The van der Waals surface area contributed by atoms with Gasteiger partial charge >= 0.3 is 128 Å². The third-order valence-corrected chi connectivity index (χ3v) is 7.45. The molecule has 0 bridgehead atoms. The second-order valence-corrected chi connectivity index (χ2v) is 9.72. The van der Waals surface area contributed by atoms with Crippen molar-refractivity contribution in [3.8, 4) is 0 Å². The maximum absolute atomic E-state index is 10.9. The number of hydrogen-bond acceptors (Lipinski definition) is 4. The van der Waals surface area contributed by atoms with E-state index in [1.165, 1.54) is 0 Å². The van der Waals surface area contributed by atoms with Crippen LogP contribution in [0.2, 0.25) is 0 Å². The van der Waals surface area contributed by atoms with E-state index in [-0.39, 0.29) is 0 Å². The fraction of sp³-hybridized carbons (Fsp3) is 0.250. The van der Waals surface area contributed by atoms with Gasteiger partial charge in [-0.05, 0) is 0 Å². The summed E-state index contributed by atoms with van der Waals surface area (Å²) in [7, 11) is 3.94. The summed E-state index contributed by atoms with van der Waals surface area (Å²) in [6.07, 6.45) is 0. The molecule has 2 N–H and O–H groups in total. The van der Waals surface area contributed by atoms with E-state index in [1.54, 1.807) is 0 Å². The maximum atomic E-state index is 10.9. The zero-order valence-electron chi connectivity index (χ0n) is 12.3. The van der Waals surface area contributed by atoms with Crippen molar-refractivity contribution in [3.63, 3.8) is 0 Å². The van der Waals surface area contributed by atoms with Crippen LogP contribution in [-0.2, 0) is 15.8 Å². The number of nitrogens with zero attached hydrogens (tertiary/aromatic N) is 1. The van der Waals surface area contributed by atoms with Crippen molar-refractivity contribution < 1.29 is 13.4 Å². The summed E-state index contributed by atoms with van der Waals surface area (Å²) in [5, 5.41) is 9.70. The van der Waals surface area contributed by atoms with E-state index in [4.69, 9.17) is 0 Å². The molecule has 0 radical (unpaired) electrons. The van der Waals surface area contributed by atoms with Gasteiger partial charge in [0.2, 0.25) is 0 Å². The average Bonchev–Trinajstić information content (AvgIpc) is 2.48. The third kappa shape index (κ3) is 4.14. The molecule has 5 heteroatoms. The number of benzene rings is 2. The molecule has 1 unspecified atom stereocenters. The second kappa shape index (κ2) is 7.18. The second-order valence-electron chi connectivity index (χ2n) is 5.19. The molecule has 0 saturated heterocycles. The first kappa shape index (κ1) is 16.2. The van der Waals surface area contributed by atoms with Gasteiger partial charge in [-0.15, -0.1) is 0 Å². The molecule has 0 aliphatic carbocycles. The van der Waals surface area contributed by atoms with Gasteiger partial charge in [-0.25, -0.2) is 0 Å². The number of hydrogen-bond donors (Lipinski definition) is 2. The first-order valence-electron chi connectivity index (χ1n) is 6.68. The molecule has 0 heterocycles. The monoisotopic (exact) mass is 355 g/mol. The Bertz CT molecular complexity index is 577. The average molecular weight is 354 g/mol. The molecule has 0 spiro atoms. The summed E-state index contributed by atoms with van der Waals surface area (Å²) in [5.41, 5.74) is 1.93. The molecule has 4 nitrogen and oxygen atoms in total. The first-order valence-corrected chi connectivity index (χ1v) is 10.2. The zero-order chi connectivity index (χ0) is 15.3. The molecule has 1 atom stereocenters. The molecule has 0 aromatic heterocycles. The van der Waals surface area contributed by atoms with Gasteiger partial charge in [-0.1, -0.05) is 0 Å². The minimum absolute atomic E-state index is 0.332. The molecule has 2 aromatic carbocycles. The Labute approximate surface area is 128 Å². The summed E-state index contributed by atoms with van der Waals surface area (Å²) < 4.78 is 16.3. The molecule has 2 rings (SSSR count). The Morgan fingerprint density at radius 1 is 1.00 bits per heavy atom. The predicted molar refractivity (Wildman–Crippen MR) is 85.3 cm³/mol. The standard InChI is InChI=1S/C16H21NO3Se/c1-17(2)12-15-10-6-7-11-16(15)21(19,20-18)13-14-8-4-3-5-9-14/h3-11,18-19H,12-13H2,1-2H3. The molecule has 0 saturated carbocycles. The summed E-state index contributed by atoms with van der Waals surface area (Å²) in [4.78, 5) is 2.02. The van der Waals surface area contributed by atoms with Gasteiger partial charge in [0.15, 0.2) is 0 Å². The Morgan fingerprint density at radius 2 is 1.62 bits per heavy atom. The Morgan fingerprint density at radius 3 is 2.24 bits per heavy atom. The quantitative estimate of drug-likeness (QED) is 0.471. The topological polar surface area (TPSA) is 52.9 Å². The van der Waals surface area contributed by atoms with Gasteiger partial charge < -0.3 is 0 Å². The molecule has 0 aliphatic rings. The van der Waals surface area contributed by atoms with Gasteiger partial charge in [0, 0.05) is 0 Å². The third-order valence-electron chi connectivity index (χ3n) is 3.13. The Kier molecular flexibility index (Phi) is 5.53. The van der Waals surface area contributed by atoms with Gasteiger partial charge in [0.1, 0.15) is 0 Å². The van der Waals surface area contributed by atoms with Crippen LogP contribution in [0.3, 0.4) is 0 Å². The molecule has 0 fully saturated rings. The van der Waals surface area contributed by atoms with E-state index >= 15 is 0 Å². The summed E-state index contributed by atoms with van der Waals surface area (Å²) in [6, 6.07) is 17.2. The van der Waals surface area contributed by atoms with Gasteiger partial charge in [-0.2, -0.15) is 0 Å². The Balaban J connectivity index is 2.36. The van der Waals surface area contributed by atoms with Crippen LogP contribution in [0.15, 0.2) is 54.6 Å². The van der Waals surface area contributed by atoms with Crippen LogP contribution >= 0.6 is 0 Å². The molecule has 0 aliphatic heterocycles. The van der Waals surface area contributed by atoms with Crippen LogP contribution in [0.25, 0.3) is 0 Å². The van der Waals surface area contributed by atoms with Gasteiger partial charge in [0.25, 0.3) is 0 Å². The van der Waals surface area contributed by atoms with Crippen LogP contribution in [0.1, 0.15) is 11.1 Å². The van der Waals surface area contributed by atoms with Crippen molar-refractivity contribution in [3.05, 3.63) is 65.7 Å². The van der Waals surface area contributed by atoms with Crippen molar-refractivity contribution in [2.75, 3.05) is 14.1 Å². The zero-order valence-corrected chi connectivity index (χ0v) is 14.0. The summed E-state index contributed by atoms with van der Waals surface area (Å²) in [6.45, 7) is 0.689. The van der Waals surface area contributed by atoms with Crippen LogP contribution in [0, 0.1) is 0 Å². The van der Waals surface area contributed by atoms with E-state index in [0.717, 1.165) is 15.6 Å². The van der Waals surface area contributed by atoms with E-state index < -0.39 is 13.5 Å². The van der Waals surface area contributed by atoms with E-state index in [0.29, 0.717) is 11.9 Å². The SMILES string of the molecule is CN(C)Cc1ccccc1[Se](O)(Cc1ccccc1)OO. The molecular weight excluding hydrogens is 333 g/mol. The normalized spacial score (nSPS) is 15.7. The van der Waals surface area contributed by atoms with Crippen molar-refractivity contribution in [2.45, 2.75) is 11.9 Å². The first-order chi connectivity index (χ1) is 10.0. The molecule has 21 heavy (non-hydrogen) atoms. The van der Waals surface area contributed by atoms with Crippen LogP contribution in [-0.4, -0.2) is 41.9 Å². The van der Waals surface area contributed by atoms with Crippen LogP contribution < -0.4 is 4.46 Å².